The second-order valence-corrected chi connectivity index (χ2v) is 7.01. The van der Waals surface area contributed by atoms with E-state index < -0.39 is 0 Å². The van der Waals surface area contributed by atoms with Crippen LogP contribution in [0.1, 0.15) is 31.4 Å². The second kappa shape index (κ2) is 6.06. The zero-order valence-electron chi connectivity index (χ0n) is 15.4. The summed E-state index contributed by atoms with van der Waals surface area (Å²) in [5.41, 5.74) is 1.57. The molecule has 2 aromatic rings. The highest BCUT2D eigenvalue weighted by atomic mass is 16.5. The molecule has 0 amide bonds. The molecule has 0 saturated carbocycles. The number of hydrogen-bond acceptors (Lipinski definition) is 8. The van der Waals surface area contributed by atoms with Crippen LogP contribution in [0.5, 0.6) is 5.88 Å². The van der Waals surface area contributed by atoms with Gasteiger partial charge >= 0.3 is 0 Å². The molecule has 0 bridgehead atoms. The summed E-state index contributed by atoms with van der Waals surface area (Å²) in [6, 6.07) is 2.41. The Hall–Kier alpha value is -2.92. The lowest BCUT2D eigenvalue weighted by Crippen LogP contribution is -2.37. The van der Waals surface area contributed by atoms with E-state index in [9.17, 15) is 5.26 Å². The normalized spacial score (nSPS) is 20.6. The predicted molar refractivity (Wildman–Crippen MR) is 102 cm³/mol. The van der Waals surface area contributed by atoms with Crippen LogP contribution < -0.4 is 15.0 Å². The summed E-state index contributed by atoms with van der Waals surface area (Å²) in [6.45, 7) is 6.68. The van der Waals surface area contributed by atoms with Crippen LogP contribution in [0.2, 0.25) is 0 Å². The summed E-state index contributed by atoms with van der Waals surface area (Å²) in [6.07, 6.45) is 1.72. The van der Waals surface area contributed by atoms with Gasteiger partial charge < -0.3 is 19.7 Å². The number of amidine groups is 1. The van der Waals surface area contributed by atoms with Gasteiger partial charge in [-0.1, -0.05) is 6.92 Å². The molecule has 3 aliphatic rings. The second-order valence-electron chi connectivity index (χ2n) is 7.01. The molecule has 0 radical (unpaired) electrons. The Morgan fingerprint density at radius 2 is 2.07 bits per heavy atom. The minimum atomic E-state index is 0.0831. The van der Waals surface area contributed by atoms with E-state index in [0.29, 0.717) is 55.2 Å². The van der Waals surface area contributed by atoms with Gasteiger partial charge in [0.1, 0.15) is 35.2 Å². The lowest BCUT2D eigenvalue weighted by molar-refractivity contribution is 0.122. The van der Waals surface area contributed by atoms with Gasteiger partial charge in [-0.2, -0.15) is 10.2 Å². The van der Waals surface area contributed by atoms with E-state index in [2.05, 4.69) is 33.2 Å². The van der Waals surface area contributed by atoms with Gasteiger partial charge in [0.05, 0.1) is 18.6 Å². The Kier molecular flexibility index (Phi) is 3.65. The third kappa shape index (κ3) is 2.42. The first kappa shape index (κ1) is 16.3. The van der Waals surface area contributed by atoms with Crippen LogP contribution >= 0.6 is 0 Å². The highest BCUT2D eigenvalue weighted by molar-refractivity contribution is 6.14. The van der Waals surface area contributed by atoms with Gasteiger partial charge in [0.15, 0.2) is 5.82 Å². The van der Waals surface area contributed by atoms with Gasteiger partial charge in [-0.25, -0.2) is 9.98 Å². The van der Waals surface area contributed by atoms with Crippen LogP contribution in [0.3, 0.4) is 0 Å². The van der Waals surface area contributed by atoms with Gasteiger partial charge in [0.25, 0.3) is 0 Å². The number of aliphatic imine (C=N–C) groups is 1. The average molecular weight is 364 g/mol. The maximum absolute atomic E-state index is 10.1. The molecule has 1 N–H and O–H groups in total. The molecule has 138 valence electrons. The number of aromatic nitrogens is 2. The molecular weight excluding hydrogens is 344 g/mol. The van der Waals surface area contributed by atoms with E-state index in [0.717, 1.165) is 35.0 Å². The molecule has 1 fully saturated rings. The standard InChI is InChI=1S/C19H20N6O2/c1-3-11-8-12-14-13(9-20)18(25-4-6-26-7-5-25)23-16-15(14)17(22-10(2)21-16)24-19(12)27-11/h11H,3-8H2,1-2H3,(H,21,22,23,24)/t11-/m0/s1. The third-order valence-electron chi connectivity index (χ3n) is 5.33. The van der Waals surface area contributed by atoms with Crippen LogP contribution in [0.25, 0.3) is 10.8 Å². The number of nitriles is 1. The molecule has 8 heteroatoms. The summed E-state index contributed by atoms with van der Waals surface area (Å²) in [5, 5.41) is 15.0. The molecule has 1 saturated heterocycles. The van der Waals surface area contributed by atoms with E-state index in [4.69, 9.17) is 14.5 Å². The van der Waals surface area contributed by atoms with Crippen molar-refractivity contribution in [2.75, 3.05) is 36.5 Å². The van der Waals surface area contributed by atoms with Gasteiger partial charge in [-0.05, 0) is 13.3 Å². The minimum absolute atomic E-state index is 0.0831. The molecule has 2 aromatic heterocycles. The van der Waals surface area contributed by atoms with Crippen LogP contribution in [0, 0.1) is 11.3 Å². The molecule has 27 heavy (non-hydrogen) atoms. The SMILES string of the molecule is CC[C@H]1Cc2c(nc3c4c(nc(N5CCOCC5)c(C#N)c24)NC(C)=N3)O1. The number of ether oxygens (including phenoxy) is 2. The smallest absolute Gasteiger partial charge is 0.219 e. The fraction of sp³-hybridized carbons (Fsp3) is 0.474. The van der Waals surface area contributed by atoms with Crippen molar-refractivity contribution in [2.24, 2.45) is 4.99 Å². The predicted octanol–water partition coefficient (Wildman–Crippen LogP) is 2.53. The fourth-order valence-corrected chi connectivity index (χ4v) is 4.00. The van der Waals surface area contributed by atoms with Gasteiger partial charge in [-0.15, -0.1) is 0 Å². The average Bonchev–Trinajstić information content (AvgIpc) is 3.11. The van der Waals surface area contributed by atoms with Gasteiger partial charge in [0, 0.05) is 30.5 Å². The van der Waals surface area contributed by atoms with Crippen LogP contribution in [-0.4, -0.2) is 48.2 Å². The molecule has 0 unspecified atom stereocenters. The summed E-state index contributed by atoms with van der Waals surface area (Å²) in [4.78, 5) is 16.1. The van der Waals surface area contributed by atoms with E-state index in [-0.39, 0.29) is 6.10 Å². The van der Waals surface area contributed by atoms with Crippen molar-refractivity contribution in [3.63, 3.8) is 0 Å². The lowest BCUT2D eigenvalue weighted by Gasteiger charge is -2.30. The first-order valence-corrected chi connectivity index (χ1v) is 9.32. The number of hydrogen-bond donors (Lipinski definition) is 1. The first-order valence-electron chi connectivity index (χ1n) is 9.32. The van der Waals surface area contributed by atoms with Gasteiger partial charge in [0.2, 0.25) is 5.88 Å². The Balaban J connectivity index is 1.83. The molecule has 8 nitrogen and oxygen atoms in total. The molecule has 1 atom stereocenters. The summed E-state index contributed by atoms with van der Waals surface area (Å²) >= 11 is 0. The summed E-state index contributed by atoms with van der Waals surface area (Å²) < 4.78 is 11.5. The zero-order valence-corrected chi connectivity index (χ0v) is 15.4. The van der Waals surface area contributed by atoms with E-state index in [1.807, 2.05) is 6.92 Å². The topological polar surface area (TPSA) is 95.7 Å². The maximum atomic E-state index is 10.1. The highest BCUT2D eigenvalue weighted by Gasteiger charge is 2.33. The molecule has 5 heterocycles. The first-order chi connectivity index (χ1) is 13.2. The van der Waals surface area contributed by atoms with E-state index >= 15 is 0 Å². The Morgan fingerprint density at radius 3 is 2.81 bits per heavy atom. The van der Waals surface area contributed by atoms with Crippen molar-refractivity contribution in [3.05, 3.63) is 11.1 Å². The Labute approximate surface area is 156 Å². The van der Waals surface area contributed by atoms with Crippen LogP contribution in [0.4, 0.5) is 17.5 Å². The quantitative estimate of drug-likeness (QED) is 0.875. The highest BCUT2D eigenvalue weighted by Crippen LogP contribution is 2.45. The Morgan fingerprint density at radius 1 is 1.26 bits per heavy atom. The van der Waals surface area contributed by atoms with E-state index in [1.165, 1.54) is 0 Å². The van der Waals surface area contributed by atoms with Crippen molar-refractivity contribution in [1.82, 2.24) is 9.97 Å². The molecule has 0 aromatic carbocycles. The molecule has 5 rings (SSSR count). The van der Waals surface area contributed by atoms with Gasteiger partial charge in [-0.3, -0.25) is 0 Å². The number of pyridine rings is 2. The minimum Gasteiger partial charge on any atom is -0.474 e. The number of anilines is 2. The Bertz CT molecular complexity index is 1020. The van der Waals surface area contributed by atoms with Crippen molar-refractivity contribution in [2.45, 2.75) is 32.8 Å². The molecule has 3 aliphatic heterocycles. The molecular formula is C19H20N6O2. The molecule has 0 aliphatic carbocycles. The van der Waals surface area contributed by atoms with Crippen LogP contribution in [-0.2, 0) is 11.2 Å². The monoisotopic (exact) mass is 364 g/mol. The lowest BCUT2D eigenvalue weighted by atomic mass is 9.98. The number of nitrogens with zero attached hydrogens (tertiary/aromatic N) is 5. The number of rotatable bonds is 2. The van der Waals surface area contributed by atoms with E-state index in [1.54, 1.807) is 0 Å². The third-order valence-corrected chi connectivity index (χ3v) is 5.33. The van der Waals surface area contributed by atoms with Crippen molar-refractivity contribution < 1.29 is 9.47 Å². The maximum Gasteiger partial charge on any atom is 0.219 e. The fourth-order valence-electron chi connectivity index (χ4n) is 4.00. The zero-order chi connectivity index (χ0) is 18.5. The number of nitrogens with one attached hydrogen (secondary N) is 1. The van der Waals surface area contributed by atoms with Crippen molar-refractivity contribution in [3.8, 4) is 11.9 Å². The number of fused-ring (bicyclic) bond motifs is 2. The van der Waals surface area contributed by atoms with Crippen LogP contribution in [0.15, 0.2) is 4.99 Å². The van der Waals surface area contributed by atoms with Crippen molar-refractivity contribution in [1.29, 1.82) is 5.26 Å². The largest absolute Gasteiger partial charge is 0.474 e. The summed E-state index contributed by atoms with van der Waals surface area (Å²) in [5.74, 6) is 3.31. The summed E-state index contributed by atoms with van der Waals surface area (Å²) in [7, 11) is 0. The van der Waals surface area contributed by atoms with Crippen molar-refractivity contribution >= 4 is 34.1 Å². The number of morpholine rings is 1. The molecule has 0 spiro atoms.